The Balaban J connectivity index is 2.07. The molecular formula is C19H16ClFN4O2S. The second-order valence-corrected chi connectivity index (χ2v) is 8.26. The fourth-order valence-electron chi connectivity index (χ4n) is 3.36. The molecule has 3 heterocycles. The molecule has 0 bridgehead atoms. The number of rotatable bonds is 3. The van der Waals surface area contributed by atoms with Crippen molar-refractivity contribution in [3.8, 4) is 5.00 Å². The molecule has 1 atom stereocenters. The van der Waals surface area contributed by atoms with E-state index in [-0.39, 0.29) is 17.0 Å². The first-order valence-corrected chi connectivity index (χ1v) is 9.75. The summed E-state index contributed by atoms with van der Waals surface area (Å²) in [6, 6.07) is 3.61. The van der Waals surface area contributed by atoms with Gasteiger partial charge in [-0.25, -0.2) is 4.39 Å². The summed E-state index contributed by atoms with van der Waals surface area (Å²) in [5.41, 5.74) is 2.41. The number of carboxylic acid groups (broad SMARTS) is 1. The Morgan fingerprint density at radius 2 is 2.07 bits per heavy atom. The van der Waals surface area contributed by atoms with Crippen LogP contribution < -0.4 is 0 Å². The van der Waals surface area contributed by atoms with Gasteiger partial charge in [-0.2, -0.15) is 0 Å². The molecule has 1 N–H and O–H groups in total. The molecule has 1 aromatic carbocycles. The minimum Gasteiger partial charge on any atom is -0.481 e. The Morgan fingerprint density at radius 3 is 2.75 bits per heavy atom. The van der Waals surface area contributed by atoms with E-state index in [1.165, 1.54) is 17.4 Å². The van der Waals surface area contributed by atoms with Crippen LogP contribution in [0.1, 0.15) is 45.7 Å². The highest BCUT2D eigenvalue weighted by Gasteiger charge is 2.33. The molecule has 0 unspecified atom stereocenters. The van der Waals surface area contributed by atoms with Gasteiger partial charge in [0.25, 0.3) is 0 Å². The molecule has 0 fully saturated rings. The molecule has 3 aromatic rings. The normalized spacial score (nSPS) is 15.6. The van der Waals surface area contributed by atoms with Crippen LogP contribution in [-0.4, -0.2) is 31.6 Å². The number of nitrogens with zero attached hydrogens (tertiary/aromatic N) is 4. The first-order chi connectivity index (χ1) is 13.3. The Bertz CT molecular complexity index is 1150. The van der Waals surface area contributed by atoms with Crippen molar-refractivity contribution in [3.63, 3.8) is 0 Å². The van der Waals surface area contributed by atoms with Gasteiger partial charge in [0.2, 0.25) is 0 Å². The van der Waals surface area contributed by atoms with Gasteiger partial charge in [0.1, 0.15) is 22.7 Å². The van der Waals surface area contributed by atoms with Crippen molar-refractivity contribution in [2.45, 2.75) is 33.2 Å². The smallest absolute Gasteiger partial charge is 0.306 e. The van der Waals surface area contributed by atoms with Gasteiger partial charge in [-0.15, -0.1) is 21.5 Å². The molecule has 1 aliphatic heterocycles. The maximum absolute atomic E-state index is 14.8. The van der Waals surface area contributed by atoms with Gasteiger partial charge in [0, 0.05) is 21.0 Å². The number of fused-ring (bicyclic) bond motifs is 3. The summed E-state index contributed by atoms with van der Waals surface area (Å²) in [6.45, 7) is 5.74. The van der Waals surface area contributed by atoms with Gasteiger partial charge in [-0.1, -0.05) is 11.6 Å². The quantitative estimate of drug-likeness (QED) is 0.683. The van der Waals surface area contributed by atoms with Crippen LogP contribution in [0.5, 0.6) is 0 Å². The monoisotopic (exact) mass is 418 g/mol. The van der Waals surface area contributed by atoms with E-state index in [1.54, 1.807) is 19.1 Å². The Labute approximate surface area is 169 Å². The summed E-state index contributed by atoms with van der Waals surface area (Å²) < 4.78 is 16.6. The lowest BCUT2D eigenvalue weighted by Gasteiger charge is -2.11. The number of aryl methyl sites for hydroxylation is 2. The largest absolute Gasteiger partial charge is 0.481 e. The van der Waals surface area contributed by atoms with Crippen LogP contribution in [0.4, 0.5) is 4.39 Å². The van der Waals surface area contributed by atoms with Crippen molar-refractivity contribution in [2.24, 2.45) is 4.99 Å². The summed E-state index contributed by atoms with van der Waals surface area (Å²) >= 11 is 7.45. The number of carboxylic acids is 1. The standard InChI is InChI=1S/C19H16ClFN4O2S/c1-8-9(2)28-19-16(8)17(12-5-4-11(20)6-13(12)21)22-14(7-15(26)27)18-24-23-10(3)25(18)19/h4-6,14H,7H2,1-3H3,(H,26,27)/t14-/m1/s1. The van der Waals surface area contributed by atoms with E-state index in [4.69, 9.17) is 11.6 Å². The average molecular weight is 419 g/mol. The fourth-order valence-corrected chi connectivity index (χ4v) is 4.73. The molecule has 0 aliphatic carbocycles. The molecule has 28 heavy (non-hydrogen) atoms. The zero-order valence-electron chi connectivity index (χ0n) is 15.3. The van der Waals surface area contributed by atoms with Crippen LogP contribution >= 0.6 is 22.9 Å². The molecule has 144 valence electrons. The molecular weight excluding hydrogens is 403 g/mol. The average Bonchev–Trinajstić information content (AvgIpc) is 3.08. The second kappa shape index (κ2) is 6.79. The molecule has 0 amide bonds. The molecule has 4 rings (SSSR count). The van der Waals surface area contributed by atoms with Crippen molar-refractivity contribution in [3.05, 3.63) is 62.3 Å². The van der Waals surface area contributed by atoms with Gasteiger partial charge >= 0.3 is 5.97 Å². The summed E-state index contributed by atoms with van der Waals surface area (Å²) in [7, 11) is 0. The SMILES string of the molecule is Cc1sc2c(c1C)C(c1ccc(Cl)cc1F)=N[C@H](CC(=O)O)c1nnc(C)n1-2. The first kappa shape index (κ1) is 18.8. The number of aliphatic carboxylic acids is 1. The van der Waals surface area contributed by atoms with Crippen LogP contribution in [0, 0.1) is 26.6 Å². The molecule has 9 heteroatoms. The van der Waals surface area contributed by atoms with Crippen LogP contribution in [0.25, 0.3) is 5.00 Å². The number of hydrogen-bond acceptors (Lipinski definition) is 5. The van der Waals surface area contributed by atoms with E-state index < -0.39 is 17.8 Å². The van der Waals surface area contributed by atoms with Gasteiger partial charge in [0.15, 0.2) is 5.82 Å². The zero-order chi connectivity index (χ0) is 20.2. The summed E-state index contributed by atoms with van der Waals surface area (Å²) in [4.78, 5) is 17.2. The molecule has 2 aromatic heterocycles. The Kier molecular flexibility index (Phi) is 4.55. The van der Waals surface area contributed by atoms with Crippen molar-refractivity contribution in [1.29, 1.82) is 0 Å². The lowest BCUT2D eigenvalue weighted by atomic mass is 9.99. The highest BCUT2D eigenvalue weighted by atomic mass is 35.5. The molecule has 0 saturated carbocycles. The van der Waals surface area contributed by atoms with Gasteiger partial charge in [-0.3, -0.25) is 14.4 Å². The molecule has 0 saturated heterocycles. The van der Waals surface area contributed by atoms with E-state index in [1.807, 2.05) is 18.4 Å². The molecule has 1 aliphatic rings. The first-order valence-electron chi connectivity index (χ1n) is 8.55. The second-order valence-electron chi connectivity index (χ2n) is 6.62. The number of thiophene rings is 1. The maximum atomic E-state index is 14.8. The van der Waals surface area contributed by atoms with E-state index in [2.05, 4.69) is 15.2 Å². The maximum Gasteiger partial charge on any atom is 0.306 e. The van der Waals surface area contributed by atoms with Gasteiger partial charge < -0.3 is 5.11 Å². The number of aromatic nitrogens is 3. The molecule has 6 nitrogen and oxygen atoms in total. The third-order valence-corrected chi connectivity index (χ3v) is 6.22. The number of benzene rings is 1. The number of hydrogen-bond donors (Lipinski definition) is 1. The molecule has 0 spiro atoms. The van der Waals surface area contributed by atoms with Crippen LogP contribution in [0.3, 0.4) is 0 Å². The topological polar surface area (TPSA) is 80.4 Å². The highest BCUT2D eigenvalue weighted by Crippen LogP contribution is 2.39. The van der Waals surface area contributed by atoms with Gasteiger partial charge in [0.05, 0.1) is 12.1 Å². The van der Waals surface area contributed by atoms with Crippen molar-refractivity contribution < 1.29 is 14.3 Å². The Morgan fingerprint density at radius 1 is 1.32 bits per heavy atom. The summed E-state index contributed by atoms with van der Waals surface area (Å²) in [5, 5.41) is 18.8. The van der Waals surface area contributed by atoms with Crippen molar-refractivity contribution in [1.82, 2.24) is 14.8 Å². The van der Waals surface area contributed by atoms with E-state index in [9.17, 15) is 14.3 Å². The predicted molar refractivity (Wildman–Crippen MR) is 105 cm³/mol. The van der Waals surface area contributed by atoms with E-state index in [0.717, 1.165) is 21.0 Å². The number of aliphatic imine (C=N–C) groups is 1. The molecule has 0 radical (unpaired) electrons. The highest BCUT2D eigenvalue weighted by molar-refractivity contribution is 7.15. The third-order valence-electron chi connectivity index (χ3n) is 4.79. The number of carbonyl (C=O) groups is 1. The van der Waals surface area contributed by atoms with Crippen LogP contribution in [0.15, 0.2) is 23.2 Å². The predicted octanol–water partition coefficient (Wildman–Crippen LogP) is 4.41. The van der Waals surface area contributed by atoms with Crippen molar-refractivity contribution in [2.75, 3.05) is 0 Å². The minimum atomic E-state index is -1.02. The lowest BCUT2D eigenvalue weighted by Crippen LogP contribution is -2.11. The van der Waals surface area contributed by atoms with E-state index >= 15 is 0 Å². The lowest BCUT2D eigenvalue weighted by molar-refractivity contribution is -0.137. The number of halogens is 2. The summed E-state index contributed by atoms with van der Waals surface area (Å²) in [6.07, 6.45) is -0.274. The van der Waals surface area contributed by atoms with Crippen molar-refractivity contribution >= 4 is 34.6 Å². The van der Waals surface area contributed by atoms with E-state index in [0.29, 0.717) is 17.4 Å². The Hall–Kier alpha value is -2.58. The van der Waals surface area contributed by atoms with Gasteiger partial charge in [-0.05, 0) is 44.5 Å². The third kappa shape index (κ3) is 2.93. The fraction of sp³-hybridized carbons (Fsp3) is 0.263. The zero-order valence-corrected chi connectivity index (χ0v) is 16.9. The minimum absolute atomic E-state index is 0.274. The van der Waals surface area contributed by atoms with Crippen LogP contribution in [-0.2, 0) is 4.79 Å². The van der Waals surface area contributed by atoms with Crippen LogP contribution in [0.2, 0.25) is 5.02 Å². The summed E-state index contributed by atoms with van der Waals surface area (Å²) in [5.74, 6) is -0.466.